The van der Waals surface area contributed by atoms with Crippen molar-refractivity contribution in [2.45, 2.75) is 36.8 Å². The lowest BCUT2D eigenvalue weighted by atomic mass is 10.1. The number of rotatable bonds is 8. The molecule has 0 spiro atoms. The molecule has 0 aliphatic carbocycles. The molecule has 2 aromatic carbocycles. The Labute approximate surface area is 179 Å². The van der Waals surface area contributed by atoms with Crippen LogP contribution in [0, 0.1) is 10.1 Å². The molecule has 0 bridgehead atoms. The van der Waals surface area contributed by atoms with E-state index >= 15 is 0 Å². The molecule has 1 aliphatic rings. The number of nitro benzene ring substituents is 1. The monoisotopic (exact) mass is 449 g/mol. The van der Waals surface area contributed by atoms with Crippen LogP contribution >= 0.6 is 0 Å². The predicted octanol–water partition coefficient (Wildman–Crippen LogP) is 2.70. The molecule has 1 fully saturated rings. The molecular weight excluding hydrogens is 426 g/mol. The van der Waals surface area contributed by atoms with Crippen molar-refractivity contribution in [2.24, 2.45) is 0 Å². The van der Waals surface area contributed by atoms with Crippen molar-refractivity contribution in [2.75, 3.05) is 18.4 Å². The highest BCUT2D eigenvalue weighted by molar-refractivity contribution is 7.92. The molecule has 1 heterocycles. The Morgan fingerprint density at radius 3 is 2.55 bits per heavy atom. The summed E-state index contributed by atoms with van der Waals surface area (Å²) in [5.74, 6) is -0.200. The van der Waals surface area contributed by atoms with Gasteiger partial charge in [0.25, 0.3) is 21.6 Å². The number of non-ortho nitro benzene ring substituents is 1. The zero-order valence-electron chi connectivity index (χ0n) is 17.0. The van der Waals surface area contributed by atoms with E-state index in [9.17, 15) is 23.3 Å². The summed E-state index contributed by atoms with van der Waals surface area (Å²) in [6.45, 7) is 2.54. The molecule has 166 valence electrons. The average Bonchev–Trinajstić information content (AvgIpc) is 3.28. The maximum absolute atomic E-state index is 12.7. The number of anilines is 1. The lowest BCUT2D eigenvalue weighted by Gasteiger charge is -2.20. The van der Waals surface area contributed by atoms with Crippen molar-refractivity contribution in [3.63, 3.8) is 0 Å². The Morgan fingerprint density at radius 1 is 1.26 bits per heavy atom. The molecule has 2 N–H and O–H groups in total. The van der Waals surface area contributed by atoms with Crippen LogP contribution in [0.4, 0.5) is 11.4 Å². The van der Waals surface area contributed by atoms with Crippen LogP contribution < -0.4 is 14.8 Å². The highest BCUT2D eigenvalue weighted by Crippen LogP contribution is 2.30. The minimum atomic E-state index is -4.07. The molecule has 0 radical (unpaired) electrons. The largest absolute Gasteiger partial charge is 0.495 e. The number of amides is 1. The average molecular weight is 449 g/mol. The fourth-order valence-electron chi connectivity index (χ4n) is 3.26. The number of nitrogens with one attached hydrogen (secondary N) is 2. The first kappa shape index (κ1) is 22.5. The van der Waals surface area contributed by atoms with Crippen molar-refractivity contribution in [3.05, 3.63) is 58.1 Å². The third-order valence-corrected chi connectivity index (χ3v) is 6.33. The topological polar surface area (TPSA) is 137 Å². The third-order valence-electron chi connectivity index (χ3n) is 4.95. The van der Waals surface area contributed by atoms with Crippen molar-refractivity contribution < 1.29 is 27.6 Å². The van der Waals surface area contributed by atoms with E-state index in [-0.39, 0.29) is 40.1 Å². The fraction of sp³-hybridized carbons (Fsp3) is 0.350. The van der Waals surface area contributed by atoms with Gasteiger partial charge >= 0.3 is 0 Å². The first-order valence-corrected chi connectivity index (χ1v) is 11.1. The van der Waals surface area contributed by atoms with Crippen LogP contribution in [0.5, 0.6) is 5.75 Å². The zero-order valence-corrected chi connectivity index (χ0v) is 17.8. The smallest absolute Gasteiger partial charge is 0.271 e. The van der Waals surface area contributed by atoms with Gasteiger partial charge in [0.2, 0.25) is 0 Å². The first-order chi connectivity index (χ1) is 14.7. The van der Waals surface area contributed by atoms with Crippen LogP contribution in [0.15, 0.2) is 47.4 Å². The number of carbonyl (C=O) groups excluding carboxylic acids is 1. The lowest BCUT2D eigenvalue weighted by molar-refractivity contribution is -0.384. The zero-order chi connectivity index (χ0) is 22.6. The van der Waals surface area contributed by atoms with Crippen molar-refractivity contribution in [1.29, 1.82) is 0 Å². The minimum absolute atomic E-state index is 0.0299. The van der Waals surface area contributed by atoms with Gasteiger partial charge in [0.15, 0.2) is 0 Å². The summed E-state index contributed by atoms with van der Waals surface area (Å²) in [5, 5.41) is 13.9. The summed E-state index contributed by atoms with van der Waals surface area (Å²) in [6, 6.07) is 8.80. The van der Waals surface area contributed by atoms with Gasteiger partial charge in [-0.2, -0.15) is 0 Å². The van der Waals surface area contributed by atoms with Crippen LogP contribution in [0.1, 0.15) is 30.1 Å². The van der Waals surface area contributed by atoms with Gasteiger partial charge in [0, 0.05) is 24.3 Å². The van der Waals surface area contributed by atoms with Gasteiger partial charge in [0.1, 0.15) is 5.75 Å². The third kappa shape index (κ3) is 5.30. The second-order valence-electron chi connectivity index (χ2n) is 7.09. The van der Waals surface area contributed by atoms with Crippen molar-refractivity contribution in [3.8, 4) is 5.75 Å². The van der Waals surface area contributed by atoms with E-state index in [4.69, 9.17) is 9.47 Å². The molecule has 3 rings (SSSR count). The van der Waals surface area contributed by atoms with Crippen LogP contribution in [0.2, 0.25) is 0 Å². The Kier molecular flexibility index (Phi) is 6.76. The van der Waals surface area contributed by atoms with Crippen LogP contribution in [-0.4, -0.2) is 45.1 Å². The fourth-order valence-corrected chi connectivity index (χ4v) is 4.32. The van der Waals surface area contributed by atoms with E-state index in [1.54, 1.807) is 0 Å². The van der Waals surface area contributed by atoms with E-state index in [2.05, 4.69) is 10.0 Å². The molecule has 31 heavy (non-hydrogen) atoms. The molecule has 10 nitrogen and oxygen atoms in total. The summed E-state index contributed by atoms with van der Waals surface area (Å²) >= 11 is 0. The number of carbonyl (C=O) groups is 1. The standard InChI is InChI=1S/C20H23N3O7S/c1-13(18-4-3-11-30-18)21-20(24)14-5-8-16(9-6-14)31(27,28)22-17-12-15(23(25)26)7-10-19(17)29-2/h5-10,12-13,18,22H,3-4,11H2,1-2H3,(H,21,24). The minimum Gasteiger partial charge on any atom is -0.495 e. The molecule has 2 atom stereocenters. The normalized spacial score (nSPS) is 17.0. The van der Waals surface area contributed by atoms with Gasteiger partial charge in [-0.25, -0.2) is 8.42 Å². The van der Waals surface area contributed by atoms with Gasteiger partial charge in [0.05, 0.1) is 34.8 Å². The van der Waals surface area contributed by atoms with Gasteiger partial charge in [-0.15, -0.1) is 0 Å². The molecular formula is C20H23N3O7S. The van der Waals surface area contributed by atoms with E-state index in [1.807, 2.05) is 6.92 Å². The molecule has 1 amide bonds. The highest BCUT2D eigenvalue weighted by atomic mass is 32.2. The predicted molar refractivity (Wildman–Crippen MR) is 113 cm³/mol. The van der Waals surface area contributed by atoms with Gasteiger partial charge in [-0.1, -0.05) is 0 Å². The Morgan fingerprint density at radius 2 is 1.97 bits per heavy atom. The first-order valence-electron chi connectivity index (χ1n) is 9.59. The SMILES string of the molecule is COc1ccc([N+](=O)[O-])cc1NS(=O)(=O)c1ccc(C(=O)NC(C)C2CCCO2)cc1. The van der Waals surface area contributed by atoms with Crippen LogP contribution in [0.25, 0.3) is 0 Å². The second-order valence-corrected chi connectivity index (χ2v) is 8.77. The number of hydrogen-bond donors (Lipinski definition) is 2. The maximum atomic E-state index is 12.7. The molecule has 2 aromatic rings. The van der Waals surface area contributed by atoms with Crippen molar-refractivity contribution >= 4 is 27.3 Å². The molecule has 1 saturated heterocycles. The van der Waals surface area contributed by atoms with E-state index in [1.165, 1.54) is 43.5 Å². The number of sulfonamides is 1. The molecule has 1 aliphatic heterocycles. The number of hydrogen-bond acceptors (Lipinski definition) is 7. The van der Waals surface area contributed by atoms with E-state index in [0.717, 1.165) is 18.9 Å². The number of nitro groups is 1. The summed E-state index contributed by atoms with van der Waals surface area (Å²) in [5.41, 5.74) is -0.0495. The van der Waals surface area contributed by atoms with E-state index in [0.29, 0.717) is 12.2 Å². The van der Waals surface area contributed by atoms with E-state index < -0.39 is 14.9 Å². The van der Waals surface area contributed by atoms with Crippen LogP contribution in [0.3, 0.4) is 0 Å². The molecule has 2 unspecified atom stereocenters. The highest BCUT2D eigenvalue weighted by Gasteiger charge is 2.24. The van der Waals surface area contributed by atoms with Gasteiger partial charge < -0.3 is 14.8 Å². The molecule has 0 aromatic heterocycles. The Hall–Kier alpha value is -3.18. The summed E-state index contributed by atoms with van der Waals surface area (Å²) in [6.07, 6.45) is 1.81. The molecule has 11 heteroatoms. The Bertz CT molecular complexity index is 1060. The maximum Gasteiger partial charge on any atom is 0.271 e. The summed E-state index contributed by atoms with van der Waals surface area (Å²) in [7, 11) is -2.75. The van der Waals surface area contributed by atoms with Gasteiger partial charge in [-0.3, -0.25) is 19.6 Å². The lowest BCUT2D eigenvalue weighted by Crippen LogP contribution is -2.40. The summed E-state index contributed by atoms with van der Waals surface area (Å²) < 4.78 is 38.4. The van der Waals surface area contributed by atoms with Crippen molar-refractivity contribution in [1.82, 2.24) is 5.32 Å². The molecule has 0 saturated carbocycles. The quantitative estimate of drug-likeness (QED) is 0.467. The number of benzene rings is 2. The Balaban J connectivity index is 1.74. The summed E-state index contributed by atoms with van der Waals surface area (Å²) in [4.78, 5) is 22.7. The number of nitrogens with zero attached hydrogens (tertiary/aromatic N) is 1. The van der Waals surface area contributed by atoms with Crippen LogP contribution in [-0.2, 0) is 14.8 Å². The number of ether oxygens (including phenoxy) is 2. The van der Waals surface area contributed by atoms with Gasteiger partial charge in [-0.05, 0) is 50.1 Å². The number of methoxy groups -OCH3 is 1. The second kappa shape index (κ2) is 9.31.